The highest BCUT2D eigenvalue weighted by Gasteiger charge is 2.68. The Kier molecular flexibility index (Phi) is 9.34. The molecule has 3 N–H and O–H groups in total. The van der Waals surface area contributed by atoms with Gasteiger partial charge in [-0.2, -0.15) is 0 Å². The van der Waals surface area contributed by atoms with Gasteiger partial charge in [-0.25, -0.2) is 0 Å². The van der Waals surface area contributed by atoms with Gasteiger partial charge >= 0.3 is 0 Å². The maximum Gasteiger partial charge on any atom is 0.190 e. The van der Waals surface area contributed by atoms with Crippen molar-refractivity contribution in [1.29, 1.82) is 0 Å². The van der Waals surface area contributed by atoms with Gasteiger partial charge in [0.1, 0.15) is 12.2 Å². The predicted octanol–water partition coefficient (Wildman–Crippen LogP) is 5.20. The Labute approximate surface area is 205 Å². The average molecular weight is 478 g/mol. The van der Waals surface area contributed by atoms with Crippen molar-refractivity contribution in [1.82, 2.24) is 5.16 Å². The molecular formula is C28H47NO5. The van der Waals surface area contributed by atoms with E-state index < -0.39 is 29.5 Å². The Morgan fingerprint density at radius 2 is 1.79 bits per heavy atom. The quantitative estimate of drug-likeness (QED) is 0.541. The van der Waals surface area contributed by atoms with Crippen molar-refractivity contribution >= 4 is 11.9 Å². The fraction of sp³-hybridized carbons (Fsp3) is 0.786. The summed E-state index contributed by atoms with van der Waals surface area (Å²) >= 11 is 0. The molecule has 3 saturated carbocycles. The molecule has 6 nitrogen and oxygen atoms in total. The van der Waals surface area contributed by atoms with Crippen LogP contribution in [0.25, 0.3) is 6.08 Å². The Morgan fingerprint density at radius 1 is 1.15 bits per heavy atom. The van der Waals surface area contributed by atoms with Crippen LogP contribution < -0.4 is 0 Å². The molecule has 0 amide bonds. The van der Waals surface area contributed by atoms with Crippen molar-refractivity contribution in [3.8, 4) is 0 Å². The minimum atomic E-state index is -1.54. The lowest BCUT2D eigenvalue weighted by molar-refractivity contribution is -0.181. The van der Waals surface area contributed by atoms with E-state index in [0.717, 1.165) is 37.0 Å². The predicted molar refractivity (Wildman–Crippen MR) is 135 cm³/mol. The number of fused-ring (bicyclic) bond motifs is 6. The largest absolute Gasteiger partial charge is 0.393 e. The van der Waals surface area contributed by atoms with Gasteiger partial charge in [0, 0.05) is 11.0 Å². The smallest absolute Gasteiger partial charge is 0.190 e. The zero-order chi connectivity index (χ0) is 25.9. The van der Waals surface area contributed by atoms with Crippen LogP contribution in [0.15, 0.2) is 16.3 Å². The van der Waals surface area contributed by atoms with Gasteiger partial charge in [-0.3, -0.25) is 4.79 Å². The third-order valence-electron chi connectivity index (χ3n) is 8.97. The third kappa shape index (κ3) is 4.10. The maximum absolute atomic E-state index is 12.5. The molecule has 0 aliphatic heterocycles. The molecule has 0 spiro atoms. The Balaban J connectivity index is 0.000000633. The van der Waals surface area contributed by atoms with E-state index in [1.165, 1.54) is 5.57 Å². The minimum Gasteiger partial charge on any atom is -0.393 e. The zero-order valence-corrected chi connectivity index (χ0v) is 22.5. The Bertz CT molecular complexity index is 863. The fourth-order valence-corrected chi connectivity index (χ4v) is 7.61. The van der Waals surface area contributed by atoms with Crippen LogP contribution in [0.1, 0.15) is 98.8 Å². The van der Waals surface area contributed by atoms with Gasteiger partial charge in [-0.1, -0.05) is 66.1 Å². The van der Waals surface area contributed by atoms with Gasteiger partial charge < -0.3 is 19.8 Å². The highest BCUT2D eigenvalue weighted by Crippen LogP contribution is 2.67. The minimum absolute atomic E-state index is 0.0835. The summed E-state index contributed by atoms with van der Waals surface area (Å²) in [6, 6.07) is 0. The molecule has 34 heavy (non-hydrogen) atoms. The van der Waals surface area contributed by atoms with Gasteiger partial charge in [0.15, 0.2) is 11.5 Å². The van der Waals surface area contributed by atoms with Crippen LogP contribution in [0, 0.1) is 28.6 Å². The van der Waals surface area contributed by atoms with Gasteiger partial charge in [-0.15, -0.1) is 0 Å². The number of allylic oxidation sites excluding steroid dienone is 1. The number of ketones is 1. The molecule has 0 saturated heterocycles. The van der Waals surface area contributed by atoms with Gasteiger partial charge in [0.2, 0.25) is 0 Å². The maximum atomic E-state index is 12.5. The molecule has 0 radical (unpaired) electrons. The summed E-state index contributed by atoms with van der Waals surface area (Å²) in [4.78, 5) is 12.5. The number of hydrogen-bond acceptors (Lipinski definition) is 6. The number of aliphatic hydroxyl groups is 3. The van der Waals surface area contributed by atoms with Gasteiger partial charge in [-0.05, 0) is 67.8 Å². The number of nitrogens with zero attached hydrogens (tertiary/aromatic N) is 1. The summed E-state index contributed by atoms with van der Waals surface area (Å²) in [6.45, 7) is 15.5. The standard InChI is InChI=1S/C22H29NO5.3C2H6/c1-20-8-12-10-23-28-17(12)7-13(20)3-4-14-15-5-6-22(27,18(26)11-24)21(15,2)9-16(25)19(14)20;3*1-2/h7,10,14-16,19,24-25,27H,3-6,8-9,11H2,1-2H3;3*1-2H3/t14?,15?,16?,19?,20?,21?,22-;;;/m0.../s1. The first-order chi connectivity index (χ1) is 16.2. The van der Waals surface area contributed by atoms with Gasteiger partial charge in [0.05, 0.1) is 12.3 Å². The number of rotatable bonds is 2. The lowest BCUT2D eigenvalue weighted by Crippen LogP contribution is -2.62. The average Bonchev–Trinajstić information content (AvgIpc) is 3.41. The number of hydrogen-bond donors (Lipinski definition) is 3. The van der Waals surface area contributed by atoms with Crippen molar-refractivity contribution in [3.05, 3.63) is 23.1 Å². The first-order valence-corrected chi connectivity index (χ1v) is 13.4. The molecule has 1 aromatic rings. The number of carbonyl (C=O) groups excluding carboxylic acids is 1. The molecule has 6 heteroatoms. The third-order valence-corrected chi connectivity index (χ3v) is 8.97. The molecule has 0 bridgehead atoms. The fourth-order valence-electron chi connectivity index (χ4n) is 7.61. The topological polar surface area (TPSA) is 104 Å². The summed E-state index contributed by atoms with van der Waals surface area (Å²) in [6.07, 6.45) is 7.50. The number of aromatic nitrogens is 1. The summed E-state index contributed by atoms with van der Waals surface area (Å²) in [5.74, 6) is 0.837. The van der Waals surface area contributed by atoms with Crippen molar-refractivity contribution in [3.63, 3.8) is 0 Å². The first kappa shape index (κ1) is 28.7. The molecule has 6 unspecified atom stereocenters. The van der Waals surface area contributed by atoms with Crippen LogP contribution in [0.5, 0.6) is 0 Å². The van der Waals surface area contributed by atoms with Crippen LogP contribution in [0.4, 0.5) is 0 Å². The molecule has 4 aliphatic rings. The molecule has 7 atom stereocenters. The SMILES string of the molecule is CC.CC.CC.CC12Cc3cnoc3C=C1CCC1C2C(O)CC2(C)C1CC[C@]2(O)C(=O)CO. The summed E-state index contributed by atoms with van der Waals surface area (Å²) in [5, 5.41) is 36.0. The van der Waals surface area contributed by atoms with E-state index in [1.807, 2.05) is 48.5 Å². The molecule has 5 rings (SSSR count). The van der Waals surface area contributed by atoms with Crippen molar-refractivity contribution < 1.29 is 24.6 Å². The van der Waals surface area contributed by atoms with E-state index in [4.69, 9.17) is 4.52 Å². The molecule has 194 valence electrons. The van der Waals surface area contributed by atoms with Crippen molar-refractivity contribution in [2.75, 3.05) is 6.61 Å². The van der Waals surface area contributed by atoms with E-state index in [9.17, 15) is 20.1 Å². The Hall–Kier alpha value is -1.50. The highest BCUT2D eigenvalue weighted by molar-refractivity contribution is 5.89. The monoisotopic (exact) mass is 477 g/mol. The molecule has 1 aromatic heterocycles. The lowest BCUT2D eigenvalue weighted by Gasteiger charge is -2.60. The molecule has 4 aliphatic carbocycles. The zero-order valence-electron chi connectivity index (χ0n) is 22.5. The number of aliphatic hydroxyl groups excluding tert-OH is 2. The second-order valence-electron chi connectivity index (χ2n) is 9.98. The van der Waals surface area contributed by atoms with Crippen LogP contribution in [0.3, 0.4) is 0 Å². The van der Waals surface area contributed by atoms with E-state index in [-0.39, 0.29) is 23.2 Å². The highest BCUT2D eigenvalue weighted by atomic mass is 16.5. The van der Waals surface area contributed by atoms with Crippen LogP contribution >= 0.6 is 0 Å². The molecular weight excluding hydrogens is 430 g/mol. The Morgan fingerprint density at radius 3 is 2.41 bits per heavy atom. The second-order valence-corrected chi connectivity index (χ2v) is 9.98. The van der Waals surface area contributed by atoms with E-state index in [2.05, 4.69) is 18.2 Å². The second kappa shape index (κ2) is 11.0. The molecule has 3 fully saturated rings. The lowest BCUT2D eigenvalue weighted by atomic mass is 9.45. The first-order valence-electron chi connectivity index (χ1n) is 13.4. The number of Topliss-reactive ketones (excluding diaryl/α,β-unsaturated/α-hetero) is 1. The van der Waals surface area contributed by atoms with E-state index >= 15 is 0 Å². The van der Waals surface area contributed by atoms with Crippen LogP contribution in [-0.4, -0.2) is 44.6 Å². The summed E-state index contributed by atoms with van der Waals surface area (Å²) < 4.78 is 5.38. The summed E-state index contributed by atoms with van der Waals surface area (Å²) in [5.41, 5.74) is 0.0151. The van der Waals surface area contributed by atoms with Crippen molar-refractivity contribution in [2.45, 2.75) is 106 Å². The van der Waals surface area contributed by atoms with E-state index in [1.54, 1.807) is 6.20 Å². The van der Waals surface area contributed by atoms with E-state index in [0.29, 0.717) is 12.8 Å². The normalized spacial score (nSPS) is 39.1. The molecule has 1 heterocycles. The molecule has 0 aromatic carbocycles. The summed E-state index contributed by atoms with van der Waals surface area (Å²) in [7, 11) is 0. The van der Waals surface area contributed by atoms with Crippen molar-refractivity contribution in [2.24, 2.45) is 28.6 Å². The van der Waals surface area contributed by atoms with Gasteiger partial charge in [0.25, 0.3) is 0 Å². The van der Waals surface area contributed by atoms with Crippen LogP contribution in [0.2, 0.25) is 0 Å². The number of carbonyl (C=O) groups is 1. The van der Waals surface area contributed by atoms with Crippen LogP contribution in [-0.2, 0) is 11.2 Å².